The second kappa shape index (κ2) is 6.17. The molecule has 1 aliphatic heterocycles. The van der Waals surface area contributed by atoms with Crippen molar-refractivity contribution >= 4 is 11.6 Å². The predicted molar refractivity (Wildman–Crippen MR) is 83.9 cm³/mol. The molecular formula is C16H20N4O2. The van der Waals surface area contributed by atoms with E-state index in [4.69, 9.17) is 0 Å². The highest BCUT2D eigenvalue weighted by Gasteiger charge is 2.19. The van der Waals surface area contributed by atoms with Crippen molar-refractivity contribution in [2.75, 3.05) is 11.9 Å². The lowest BCUT2D eigenvalue weighted by Gasteiger charge is -2.16. The number of likely N-dealkylation sites (N-methyl/N-ethyl adjacent to an activating group) is 1. The van der Waals surface area contributed by atoms with Crippen LogP contribution in [0, 0.1) is 0 Å². The van der Waals surface area contributed by atoms with Crippen LogP contribution >= 0.6 is 0 Å². The van der Waals surface area contributed by atoms with Gasteiger partial charge in [-0.1, -0.05) is 24.6 Å². The monoisotopic (exact) mass is 300 g/mol. The van der Waals surface area contributed by atoms with E-state index in [0.717, 1.165) is 37.2 Å². The summed E-state index contributed by atoms with van der Waals surface area (Å²) >= 11 is 0. The van der Waals surface area contributed by atoms with Crippen molar-refractivity contribution in [2.45, 2.75) is 38.8 Å². The number of aryl methyl sites for hydroxylation is 1. The molecule has 3 rings (SSSR count). The Morgan fingerprint density at radius 1 is 1.23 bits per heavy atom. The van der Waals surface area contributed by atoms with E-state index in [9.17, 15) is 9.59 Å². The standard InChI is InChI=1S/C16H20N4O2/c1-18(13-8-4-2-5-9-13)15(21)12-20-16(22)19-11-7-3-6-10-14(19)17-20/h2,4-5,8-9H,3,6-7,10-12H2,1H3. The molecule has 6 heteroatoms. The van der Waals surface area contributed by atoms with Crippen molar-refractivity contribution in [3.8, 4) is 0 Å². The summed E-state index contributed by atoms with van der Waals surface area (Å²) in [5.41, 5.74) is 0.632. The largest absolute Gasteiger partial charge is 0.346 e. The Balaban J connectivity index is 1.79. The molecule has 2 aromatic rings. The lowest BCUT2D eigenvalue weighted by atomic mass is 10.2. The number of aromatic nitrogens is 3. The van der Waals surface area contributed by atoms with Gasteiger partial charge >= 0.3 is 5.69 Å². The van der Waals surface area contributed by atoms with Crippen LogP contribution < -0.4 is 10.6 Å². The Morgan fingerprint density at radius 3 is 2.77 bits per heavy atom. The Hall–Kier alpha value is -2.37. The molecule has 2 heterocycles. The fraction of sp³-hybridized carbons (Fsp3) is 0.438. The van der Waals surface area contributed by atoms with Crippen molar-refractivity contribution in [1.82, 2.24) is 14.3 Å². The van der Waals surface area contributed by atoms with Crippen LogP contribution in [0.15, 0.2) is 35.1 Å². The number of benzene rings is 1. The number of para-hydroxylation sites is 1. The van der Waals surface area contributed by atoms with Crippen molar-refractivity contribution < 1.29 is 4.79 Å². The molecule has 0 spiro atoms. The van der Waals surface area contributed by atoms with E-state index in [1.54, 1.807) is 16.5 Å². The molecule has 0 bridgehead atoms. The van der Waals surface area contributed by atoms with E-state index in [1.807, 2.05) is 30.3 Å². The number of amides is 1. The van der Waals surface area contributed by atoms with E-state index in [2.05, 4.69) is 5.10 Å². The number of carbonyl (C=O) groups is 1. The molecule has 1 aromatic carbocycles. The van der Waals surface area contributed by atoms with Gasteiger partial charge in [0.25, 0.3) is 0 Å². The zero-order chi connectivity index (χ0) is 15.5. The third kappa shape index (κ3) is 2.81. The van der Waals surface area contributed by atoms with Crippen LogP contribution in [0.25, 0.3) is 0 Å². The van der Waals surface area contributed by atoms with E-state index in [0.29, 0.717) is 6.54 Å². The van der Waals surface area contributed by atoms with Crippen molar-refractivity contribution in [3.05, 3.63) is 46.6 Å². The molecular weight excluding hydrogens is 280 g/mol. The molecule has 116 valence electrons. The molecule has 1 aliphatic rings. The molecule has 0 atom stereocenters. The van der Waals surface area contributed by atoms with Crippen molar-refractivity contribution in [3.63, 3.8) is 0 Å². The number of hydrogen-bond acceptors (Lipinski definition) is 3. The molecule has 0 aliphatic carbocycles. The van der Waals surface area contributed by atoms with Gasteiger partial charge in [0, 0.05) is 25.7 Å². The Kier molecular flexibility index (Phi) is 4.09. The third-order valence-electron chi connectivity index (χ3n) is 4.08. The summed E-state index contributed by atoms with van der Waals surface area (Å²) in [4.78, 5) is 26.3. The highest BCUT2D eigenvalue weighted by molar-refractivity contribution is 5.92. The highest BCUT2D eigenvalue weighted by atomic mass is 16.2. The van der Waals surface area contributed by atoms with Gasteiger partial charge in [-0.2, -0.15) is 5.10 Å². The average Bonchev–Trinajstić information content (AvgIpc) is 2.71. The normalized spacial score (nSPS) is 14.2. The Bertz CT molecular complexity index is 717. The van der Waals surface area contributed by atoms with E-state index in [1.165, 1.54) is 4.68 Å². The Labute approximate surface area is 129 Å². The number of hydrogen-bond donors (Lipinski definition) is 0. The molecule has 0 unspecified atom stereocenters. The first kappa shape index (κ1) is 14.6. The minimum atomic E-state index is -0.174. The van der Waals surface area contributed by atoms with Gasteiger partial charge in [-0.3, -0.25) is 9.36 Å². The highest BCUT2D eigenvalue weighted by Crippen LogP contribution is 2.12. The van der Waals surface area contributed by atoms with Crippen molar-refractivity contribution in [1.29, 1.82) is 0 Å². The van der Waals surface area contributed by atoms with E-state index >= 15 is 0 Å². The average molecular weight is 300 g/mol. The maximum absolute atomic E-state index is 12.4. The summed E-state index contributed by atoms with van der Waals surface area (Å²) < 4.78 is 3.01. The number of anilines is 1. The number of carbonyl (C=O) groups excluding carboxylic acids is 1. The first-order valence-electron chi connectivity index (χ1n) is 7.65. The molecule has 0 saturated heterocycles. The maximum Gasteiger partial charge on any atom is 0.346 e. The Morgan fingerprint density at radius 2 is 2.00 bits per heavy atom. The first-order valence-corrected chi connectivity index (χ1v) is 7.65. The second-order valence-electron chi connectivity index (χ2n) is 5.61. The summed E-state index contributed by atoms with van der Waals surface area (Å²) in [7, 11) is 1.71. The summed E-state index contributed by atoms with van der Waals surface area (Å²) in [6.45, 7) is 0.682. The third-order valence-corrected chi connectivity index (χ3v) is 4.08. The fourth-order valence-corrected chi connectivity index (χ4v) is 2.76. The van der Waals surface area contributed by atoms with Gasteiger partial charge in [0.2, 0.25) is 5.91 Å². The summed E-state index contributed by atoms with van der Waals surface area (Å²) in [5, 5.41) is 4.35. The molecule has 6 nitrogen and oxygen atoms in total. The topological polar surface area (TPSA) is 60.1 Å². The first-order chi connectivity index (χ1) is 10.7. The fourth-order valence-electron chi connectivity index (χ4n) is 2.76. The van der Waals surface area contributed by atoms with Gasteiger partial charge < -0.3 is 4.90 Å². The van der Waals surface area contributed by atoms with Crippen LogP contribution in [0.3, 0.4) is 0 Å². The lowest BCUT2D eigenvalue weighted by molar-refractivity contribution is -0.119. The van der Waals surface area contributed by atoms with Gasteiger partial charge in [0.05, 0.1) is 0 Å². The van der Waals surface area contributed by atoms with Crippen LogP contribution in [0.5, 0.6) is 0 Å². The van der Waals surface area contributed by atoms with Gasteiger partial charge in [0.15, 0.2) is 0 Å². The minimum absolute atomic E-state index is 0.0236. The lowest BCUT2D eigenvalue weighted by Crippen LogP contribution is -2.35. The van der Waals surface area contributed by atoms with Crippen LogP contribution in [-0.2, 0) is 24.3 Å². The number of nitrogens with zero attached hydrogens (tertiary/aromatic N) is 4. The maximum atomic E-state index is 12.4. The van der Waals surface area contributed by atoms with Gasteiger partial charge in [0.1, 0.15) is 12.4 Å². The van der Waals surface area contributed by atoms with E-state index in [-0.39, 0.29) is 18.1 Å². The zero-order valence-corrected chi connectivity index (χ0v) is 12.7. The van der Waals surface area contributed by atoms with Crippen molar-refractivity contribution in [2.24, 2.45) is 0 Å². The van der Waals surface area contributed by atoms with Gasteiger partial charge in [-0.25, -0.2) is 9.48 Å². The molecule has 1 aromatic heterocycles. The number of fused-ring (bicyclic) bond motifs is 1. The molecule has 0 radical (unpaired) electrons. The zero-order valence-electron chi connectivity index (χ0n) is 12.7. The smallest absolute Gasteiger partial charge is 0.314 e. The summed E-state index contributed by atoms with van der Waals surface area (Å²) in [6.07, 6.45) is 3.98. The molecule has 0 fully saturated rings. The van der Waals surface area contributed by atoms with Crippen LogP contribution in [0.1, 0.15) is 25.1 Å². The summed E-state index contributed by atoms with van der Waals surface area (Å²) in [5.74, 6) is 0.652. The second-order valence-corrected chi connectivity index (χ2v) is 5.61. The van der Waals surface area contributed by atoms with Crippen LogP contribution in [0.4, 0.5) is 5.69 Å². The summed E-state index contributed by atoms with van der Waals surface area (Å²) in [6, 6.07) is 9.39. The van der Waals surface area contributed by atoms with Gasteiger partial charge in [-0.05, 0) is 25.0 Å². The number of rotatable bonds is 3. The SMILES string of the molecule is CN(C(=O)Cn1nc2n(c1=O)CCCCC2)c1ccccc1. The molecule has 22 heavy (non-hydrogen) atoms. The van der Waals surface area contributed by atoms with Crippen LogP contribution in [-0.4, -0.2) is 27.3 Å². The molecule has 0 N–H and O–H groups in total. The predicted octanol–water partition coefficient (Wildman–Crippen LogP) is 1.43. The van der Waals surface area contributed by atoms with Crippen LogP contribution in [0.2, 0.25) is 0 Å². The molecule has 0 saturated carbocycles. The quantitative estimate of drug-likeness (QED) is 0.861. The van der Waals surface area contributed by atoms with E-state index < -0.39 is 0 Å². The van der Waals surface area contributed by atoms with Gasteiger partial charge in [-0.15, -0.1) is 0 Å². The molecule has 1 amide bonds. The minimum Gasteiger partial charge on any atom is -0.314 e.